The van der Waals surface area contributed by atoms with Crippen LogP contribution in [0.2, 0.25) is 0 Å². The lowest BCUT2D eigenvalue weighted by Gasteiger charge is -2.10. The quantitative estimate of drug-likeness (QED) is 0.0913. The van der Waals surface area contributed by atoms with E-state index < -0.39 is 10.4 Å². The van der Waals surface area contributed by atoms with E-state index >= 15 is 0 Å². The fourth-order valence-electron chi connectivity index (χ4n) is 3.75. The molecule has 224 valence electrons. The molecule has 16 nitrogen and oxygen atoms in total. The van der Waals surface area contributed by atoms with Crippen molar-refractivity contribution in [3.63, 3.8) is 0 Å². The maximum absolute atomic E-state index is 8.52. The fourth-order valence-corrected chi connectivity index (χ4v) is 3.75. The van der Waals surface area contributed by atoms with Gasteiger partial charge in [0, 0.05) is 45.1 Å². The van der Waals surface area contributed by atoms with E-state index in [-0.39, 0.29) is 0 Å². The van der Waals surface area contributed by atoms with E-state index in [0.29, 0.717) is 11.9 Å². The largest absolute Gasteiger partial charge is 0.759 e. The molecule has 4 rings (SSSR count). The summed E-state index contributed by atoms with van der Waals surface area (Å²) in [6.07, 6.45) is 4.38. The van der Waals surface area contributed by atoms with Gasteiger partial charge in [-0.1, -0.05) is 10.2 Å². The Labute approximate surface area is 244 Å². The van der Waals surface area contributed by atoms with Crippen LogP contribution in [0.3, 0.4) is 0 Å². The van der Waals surface area contributed by atoms with Crippen molar-refractivity contribution in [2.45, 2.75) is 20.3 Å². The highest BCUT2D eigenvalue weighted by Gasteiger charge is 2.13. The SMILES string of the molecule is Cc1cc(NCCCNc2ccc(/N=N/c3n(C)nc[n+]3C)c(C)c2)ccc1/N=N/c1n(C)nc[n+]1C.O=S(=O)([O-])[O-]. The zero-order chi connectivity index (χ0) is 30.9. The second-order valence-corrected chi connectivity index (χ2v) is 10.2. The summed E-state index contributed by atoms with van der Waals surface area (Å²) < 4.78 is 41.1. The van der Waals surface area contributed by atoms with Crippen molar-refractivity contribution in [2.75, 3.05) is 23.7 Å². The smallest absolute Gasteiger partial charge is 0.403 e. The van der Waals surface area contributed by atoms with Crippen molar-refractivity contribution >= 4 is 45.0 Å². The number of anilines is 2. The normalized spacial score (nSPS) is 11.6. The van der Waals surface area contributed by atoms with Gasteiger partial charge in [0.25, 0.3) is 0 Å². The van der Waals surface area contributed by atoms with Gasteiger partial charge >= 0.3 is 11.9 Å². The molecule has 0 aliphatic heterocycles. The number of aromatic nitrogens is 6. The highest BCUT2D eigenvalue weighted by Crippen LogP contribution is 2.25. The average molecular weight is 599 g/mol. The molecule has 0 amide bonds. The Balaban J connectivity index is 0.000000892. The molecule has 0 saturated carbocycles. The van der Waals surface area contributed by atoms with Gasteiger partial charge in [-0.3, -0.25) is 8.42 Å². The minimum absolute atomic E-state index is 0.683. The van der Waals surface area contributed by atoms with Gasteiger partial charge in [-0.15, -0.1) is 9.36 Å². The number of hydrogen-bond donors (Lipinski definition) is 2. The minimum atomic E-state index is -5.17. The van der Waals surface area contributed by atoms with Gasteiger partial charge in [0.2, 0.25) is 12.7 Å². The first-order valence-corrected chi connectivity index (χ1v) is 14.1. The van der Waals surface area contributed by atoms with Crippen LogP contribution in [-0.2, 0) is 38.6 Å². The van der Waals surface area contributed by atoms with Crippen molar-refractivity contribution in [2.24, 2.45) is 48.6 Å². The second-order valence-electron chi connectivity index (χ2n) is 9.35. The zero-order valence-corrected chi connectivity index (χ0v) is 25.1. The second kappa shape index (κ2) is 14.3. The van der Waals surface area contributed by atoms with E-state index in [1.54, 1.807) is 22.0 Å². The van der Waals surface area contributed by atoms with Crippen molar-refractivity contribution in [3.05, 3.63) is 60.2 Å². The van der Waals surface area contributed by atoms with E-state index in [4.69, 9.17) is 17.5 Å². The summed E-state index contributed by atoms with van der Waals surface area (Å²) in [4.78, 5) is 0. The van der Waals surface area contributed by atoms with Crippen LogP contribution in [-0.4, -0.2) is 50.2 Å². The van der Waals surface area contributed by atoms with Crippen LogP contribution < -0.4 is 19.8 Å². The first-order valence-electron chi connectivity index (χ1n) is 12.8. The molecule has 4 aromatic rings. The van der Waals surface area contributed by atoms with Crippen LogP contribution >= 0.6 is 0 Å². The Morgan fingerprint density at radius 1 is 0.762 bits per heavy atom. The summed E-state index contributed by atoms with van der Waals surface area (Å²) in [5, 5.41) is 32.7. The summed E-state index contributed by atoms with van der Waals surface area (Å²) in [7, 11) is 2.31. The molecule has 42 heavy (non-hydrogen) atoms. The Morgan fingerprint density at radius 3 is 1.45 bits per heavy atom. The van der Waals surface area contributed by atoms with Crippen LogP contribution in [0.15, 0.2) is 69.5 Å². The van der Waals surface area contributed by atoms with Gasteiger partial charge in [-0.25, -0.2) is 9.13 Å². The molecule has 17 heteroatoms. The molecule has 2 N–H and O–H groups in total. The summed E-state index contributed by atoms with van der Waals surface area (Å²) >= 11 is 0. The van der Waals surface area contributed by atoms with E-state index in [9.17, 15) is 0 Å². The van der Waals surface area contributed by atoms with Crippen LogP contribution in [0.4, 0.5) is 34.6 Å². The molecule has 0 bridgehead atoms. The lowest BCUT2D eigenvalue weighted by Crippen LogP contribution is -2.25. The van der Waals surface area contributed by atoms with Gasteiger partial charge in [-0.05, 0) is 78.0 Å². The van der Waals surface area contributed by atoms with Gasteiger partial charge in [0.1, 0.15) is 11.4 Å². The van der Waals surface area contributed by atoms with Crippen molar-refractivity contribution in [1.82, 2.24) is 19.6 Å². The number of benzene rings is 2. The Bertz CT molecular complexity index is 1520. The van der Waals surface area contributed by atoms with Gasteiger partial charge in [0.05, 0.1) is 28.2 Å². The molecule has 0 aliphatic rings. The first kappa shape index (κ1) is 31.9. The van der Waals surface area contributed by atoms with Gasteiger partial charge < -0.3 is 19.7 Å². The number of aryl methyl sites for hydroxylation is 6. The monoisotopic (exact) mass is 598 g/mol. The summed E-state index contributed by atoms with van der Waals surface area (Å²) in [6.45, 7) is 5.77. The third-order valence-electron chi connectivity index (χ3n) is 5.91. The van der Waals surface area contributed by atoms with Gasteiger partial charge in [0.15, 0.2) is 0 Å². The highest BCUT2D eigenvalue weighted by atomic mass is 32.3. The Hall–Kier alpha value is -4.61. The minimum Gasteiger partial charge on any atom is -0.759 e. The molecule has 0 unspecified atom stereocenters. The van der Waals surface area contributed by atoms with Crippen molar-refractivity contribution < 1.29 is 26.7 Å². The summed E-state index contributed by atoms with van der Waals surface area (Å²) in [5.41, 5.74) is 5.91. The summed E-state index contributed by atoms with van der Waals surface area (Å²) in [6, 6.07) is 12.2. The van der Waals surface area contributed by atoms with E-state index in [2.05, 4.69) is 53.4 Å². The van der Waals surface area contributed by atoms with E-state index in [0.717, 1.165) is 53.4 Å². The predicted octanol–water partition coefficient (Wildman–Crippen LogP) is 2.83. The lowest BCUT2D eigenvalue weighted by atomic mass is 10.2. The Kier molecular flexibility index (Phi) is 10.9. The predicted molar refractivity (Wildman–Crippen MR) is 152 cm³/mol. The Morgan fingerprint density at radius 2 is 1.14 bits per heavy atom. The maximum Gasteiger partial charge on any atom is 0.403 e. The first-order chi connectivity index (χ1) is 19.8. The van der Waals surface area contributed by atoms with Crippen molar-refractivity contribution in [3.8, 4) is 0 Å². The molecule has 2 aromatic heterocycles. The number of hydrogen-bond acceptors (Lipinski definition) is 12. The van der Waals surface area contributed by atoms with Crippen LogP contribution in [0.5, 0.6) is 0 Å². The molecule has 2 heterocycles. The zero-order valence-electron chi connectivity index (χ0n) is 24.3. The van der Waals surface area contributed by atoms with Crippen LogP contribution in [0, 0.1) is 13.8 Å². The molecular formula is C25H34N12O4S. The number of nitrogens with zero attached hydrogens (tertiary/aromatic N) is 10. The highest BCUT2D eigenvalue weighted by molar-refractivity contribution is 7.79. The standard InChI is InChI=1S/C25H32N12.H2O4S/c1-18-14-20(8-10-22(18)30-32-24-34(3)16-28-36(24)5)26-12-7-13-27-21-9-11-23(19(2)15-21)31-33-25-35(4)17-29-37(25)6;1-5(2,3)4/h8-11,14-17H,7,12-13H2,1-6H3;(H2,1,2,3,4). The lowest BCUT2D eigenvalue weighted by molar-refractivity contribution is -0.659. The molecule has 0 atom stereocenters. The van der Waals surface area contributed by atoms with Gasteiger partial charge in [-0.2, -0.15) is 0 Å². The molecule has 0 radical (unpaired) electrons. The summed E-state index contributed by atoms with van der Waals surface area (Å²) in [5.74, 6) is 1.37. The third-order valence-corrected chi connectivity index (χ3v) is 5.91. The number of azo groups is 2. The molecule has 0 aliphatic carbocycles. The fraction of sp³-hybridized carbons (Fsp3) is 0.360. The molecule has 2 aromatic carbocycles. The molecule has 0 spiro atoms. The van der Waals surface area contributed by atoms with Crippen LogP contribution in [0.25, 0.3) is 0 Å². The third kappa shape index (κ3) is 9.79. The molecular weight excluding hydrogens is 564 g/mol. The van der Waals surface area contributed by atoms with E-state index in [1.807, 2.05) is 75.4 Å². The molecule has 0 fully saturated rings. The number of rotatable bonds is 10. The maximum atomic E-state index is 8.52. The van der Waals surface area contributed by atoms with Crippen LogP contribution in [0.1, 0.15) is 17.5 Å². The van der Waals surface area contributed by atoms with Crippen molar-refractivity contribution in [1.29, 1.82) is 0 Å². The van der Waals surface area contributed by atoms with E-state index in [1.165, 1.54) is 0 Å². The number of nitrogens with one attached hydrogen (secondary N) is 2. The molecule has 0 saturated heterocycles. The average Bonchev–Trinajstić information content (AvgIpc) is 3.40. The topological polar surface area (TPSA) is 197 Å².